The van der Waals surface area contributed by atoms with E-state index in [1.807, 2.05) is 67.6 Å². The van der Waals surface area contributed by atoms with Crippen LogP contribution in [0.5, 0.6) is 0 Å². The third-order valence-corrected chi connectivity index (χ3v) is 8.05. The average molecular weight is 503 g/mol. The number of aromatic nitrogens is 1. The zero-order valence-electron chi connectivity index (χ0n) is 19.1. The van der Waals surface area contributed by atoms with E-state index in [0.29, 0.717) is 15.8 Å². The summed E-state index contributed by atoms with van der Waals surface area (Å²) in [4.78, 5) is 15.7. The molecule has 34 heavy (non-hydrogen) atoms. The van der Waals surface area contributed by atoms with E-state index in [1.165, 1.54) is 17.3 Å². The fraction of sp³-hybridized carbons (Fsp3) is 0.143. The van der Waals surface area contributed by atoms with Gasteiger partial charge in [-0.1, -0.05) is 78.0 Å². The van der Waals surface area contributed by atoms with E-state index in [-0.39, 0.29) is 5.91 Å². The Balaban J connectivity index is 1.57. The number of hydrogen-bond donors (Lipinski definition) is 0. The van der Waals surface area contributed by atoms with Gasteiger partial charge in [0.15, 0.2) is 4.32 Å². The normalized spacial score (nSPS) is 15.2. The molecule has 3 aromatic carbocycles. The largest absolute Gasteiger partial charge is 0.340 e. The summed E-state index contributed by atoms with van der Waals surface area (Å²) < 4.78 is 2.81. The number of thioether (sulfide) groups is 1. The first-order valence-electron chi connectivity index (χ1n) is 11.0. The van der Waals surface area contributed by atoms with Crippen molar-refractivity contribution in [2.24, 2.45) is 0 Å². The number of anilines is 1. The number of halogens is 1. The number of benzene rings is 3. The van der Waals surface area contributed by atoms with Gasteiger partial charge in [0.25, 0.3) is 5.91 Å². The van der Waals surface area contributed by atoms with Gasteiger partial charge >= 0.3 is 0 Å². The second kappa shape index (κ2) is 9.06. The van der Waals surface area contributed by atoms with Crippen LogP contribution in [0, 0.1) is 20.8 Å². The van der Waals surface area contributed by atoms with Crippen molar-refractivity contribution < 1.29 is 4.79 Å². The van der Waals surface area contributed by atoms with Crippen molar-refractivity contribution in [1.29, 1.82) is 0 Å². The third kappa shape index (κ3) is 3.98. The second-order valence-electron chi connectivity index (χ2n) is 8.48. The van der Waals surface area contributed by atoms with E-state index >= 15 is 0 Å². The summed E-state index contributed by atoms with van der Waals surface area (Å²) >= 11 is 13.4. The number of carbonyl (C=O) groups excluding carboxylic acids is 1. The number of fused-ring (bicyclic) bond motifs is 1. The summed E-state index contributed by atoms with van der Waals surface area (Å²) in [5.74, 6) is -0.0828. The first kappa shape index (κ1) is 22.9. The second-order valence-corrected chi connectivity index (χ2v) is 10.6. The molecule has 0 bridgehead atoms. The first-order chi connectivity index (χ1) is 16.3. The lowest BCUT2D eigenvalue weighted by molar-refractivity contribution is -0.113. The molecule has 4 aromatic rings. The minimum absolute atomic E-state index is 0.0828. The summed E-state index contributed by atoms with van der Waals surface area (Å²) in [5, 5.41) is 1.85. The maximum absolute atomic E-state index is 13.4. The van der Waals surface area contributed by atoms with Crippen LogP contribution in [0.4, 0.5) is 5.69 Å². The Labute approximate surface area is 214 Å². The van der Waals surface area contributed by atoms with Crippen LogP contribution in [0.1, 0.15) is 27.9 Å². The van der Waals surface area contributed by atoms with E-state index in [9.17, 15) is 4.79 Å². The summed E-state index contributed by atoms with van der Waals surface area (Å²) in [6.45, 7) is 6.85. The molecule has 5 rings (SSSR count). The monoisotopic (exact) mass is 502 g/mol. The zero-order valence-corrected chi connectivity index (χ0v) is 21.5. The van der Waals surface area contributed by atoms with Gasteiger partial charge in [-0.2, -0.15) is 0 Å². The predicted molar refractivity (Wildman–Crippen MR) is 149 cm³/mol. The molecule has 1 aliphatic heterocycles. The van der Waals surface area contributed by atoms with Crippen LogP contribution in [0.2, 0.25) is 5.02 Å². The maximum atomic E-state index is 13.4. The molecular weight excluding hydrogens is 480 g/mol. The summed E-state index contributed by atoms with van der Waals surface area (Å²) in [7, 11) is 0. The number of aryl methyl sites for hydroxylation is 2. The van der Waals surface area contributed by atoms with E-state index < -0.39 is 0 Å². The van der Waals surface area contributed by atoms with Gasteiger partial charge < -0.3 is 4.57 Å². The van der Waals surface area contributed by atoms with Crippen molar-refractivity contribution in [3.8, 4) is 0 Å². The molecule has 3 nitrogen and oxygen atoms in total. The van der Waals surface area contributed by atoms with Gasteiger partial charge in [-0.3, -0.25) is 9.69 Å². The molecule has 6 heteroatoms. The van der Waals surface area contributed by atoms with E-state index in [2.05, 4.69) is 30.5 Å². The number of carbonyl (C=O) groups is 1. The number of para-hydroxylation sites is 1. The zero-order chi connectivity index (χ0) is 24.0. The smallest absolute Gasteiger partial charge is 0.270 e. The Morgan fingerprint density at radius 2 is 1.71 bits per heavy atom. The molecule has 2 heterocycles. The number of thiocarbonyl (C=S) groups is 1. The molecule has 1 aliphatic rings. The van der Waals surface area contributed by atoms with E-state index in [1.54, 1.807) is 4.90 Å². The highest BCUT2D eigenvalue weighted by Gasteiger charge is 2.34. The number of amides is 1. The third-order valence-electron chi connectivity index (χ3n) is 6.38. The lowest BCUT2D eigenvalue weighted by Crippen LogP contribution is -2.27. The van der Waals surface area contributed by atoms with Gasteiger partial charge in [0.2, 0.25) is 0 Å². The van der Waals surface area contributed by atoms with Crippen LogP contribution in [-0.4, -0.2) is 14.8 Å². The van der Waals surface area contributed by atoms with E-state index in [0.717, 1.165) is 44.0 Å². The van der Waals surface area contributed by atoms with Crippen LogP contribution in [0.3, 0.4) is 0 Å². The summed E-state index contributed by atoms with van der Waals surface area (Å²) in [5.41, 5.74) is 7.41. The van der Waals surface area contributed by atoms with Crippen molar-refractivity contribution in [2.45, 2.75) is 27.3 Å². The highest BCUT2D eigenvalue weighted by atomic mass is 35.5. The molecule has 0 aliphatic carbocycles. The molecular formula is C28H23ClN2OS2. The minimum atomic E-state index is -0.0828. The lowest BCUT2D eigenvalue weighted by atomic mass is 10.1. The Morgan fingerprint density at radius 1 is 0.971 bits per heavy atom. The quantitative estimate of drug-likeness (QED) is 0.211. The van der Waals surface area contributed by atoms with Crippen LogP contribution in [0.25, 0.3) is 17.0 Å². The van der Waals surface area contributed by atoms with Crippen molar-refractivity contribution in [3.05, 3.63) is 105 Å². The fourth-order valence-corrected chi connectivity index (χ4v) is 5.80. The fourth-order valence-electron chi connectivity index (χ4n) is 4.33. The average Bonchev–Trinajstić information content (AvgIpc) is 3.25. The van der Waals surface area contributed by atoms with Crippen molar-refractivity contribution in [2.75, 3.05) is 4.90 Å². The van der Waals surface area contributed by atoms with Crippen LogP contribution in [0.15, 0.2) is 71.6 Å². The van der Waals surface area contributed by atoms with Crippen molar-refractivity contribution >= 4 is 68.5 Å². The predicted octanol–water partition coefficient (Wildman–Crippen LogP) is 7.67. The number of hydrogen-bond acceptors (Lipinski definition) is 3. The Kier molecular flexibility index (Phi) is 6.11. The molecule has 0 N–H and O–H groups in total. The SMILES string of the molecule is Cc1ccc(N2C(=O)C(=Cc3c(C)n(Cc4ccccc4Cl)c4ccccc34)SC2=S)cc1C. The van der Waals surface area contributed by atoms with E-state index in [4.69, 9.17) is 23.8 Å². The summed E-state index contributed by atoms with van der Waals surface area (Å²) in [6, 6.07) is 22.2. The number of rotatable bonds is 4. The Morgan fingerprint density at radius 3 is 2.47 bits per heavy atom. The molecule has 1 saturated heterocycles. The van der Waals surface area contributed by atoms with Gasteiger partial charge in [-0.05, 0) is 67.8 Å². The molecule has 0 unspecified atom stereocenters. The van der Waals surface area contributed by atoms with Gasteiger partial charge in [0.05, 0.1) is 10.6 Å². The van der Waals surface area contributed by atoms with Gasteiger partial charge in [0, 0.05) is 33.7 Å². The lowest BCUT2D eigenvalue weighted by Gasteiger charge is -2.15. The first-order valence-corrected chi connectivity index (χ1v) is 12.6. The molecule has 170 valence electrons. The highest BCUT2D eigenvalue weighted by molar-refractivity contribution is 8.27. The van der Waals surface area contributed by atoms with Gasteiger partial charge in [0.1, 0.15) is 0 Å². The summed E-state index contributed by atoms with van der Waals surface area (Å²) in [6.07, 6.45) is 1.99. The van der Waals surface area contributed by atoms with Gasteiger partial charge in [-0.25, -0.2) is 0 Å². The highest BCUT2D eigenvalue weighted by Crippen LogP contribution is 2.38. The Hall–Kier alpha value is -2.86. The van der Waals surface area contributed by atoms with Crippen molar-refractivity contribution in [1.82, 2.24) is 4.57 Å². The molecule has 0 radical (unpaired) electrons. The van der Waals surface area contributed by atoms with Crippen LogP contribution < -0.4 is 4.90 Å². The molecule has 0 spiro atoms. The van der Waals surface area contributed by atoms with Crippen LogP contribution in [-0.2, 0) is 11.3 Å². The standard InChI is InChI=1S/C28H23ClN2OS2/c1-17-12-13-21(14-18(17)2)31-27(32)26(34-28(31)33)15-23-19(3)30(25-11-7-5-9-22(23)25)16-20-8-4-6-10-24(20)29/h4-15H,16H2,1-3H3. The molecule has 1 aromatic heterocycles. The molecule has 0 saturated carbocycles. The maximum Gasteiger partial charge on any atom is 0.270 e. The minimum Gasteiger partial charge on any atom is -0.340 e. The number of nitrogens with zero attached hydrogens (tertiary/aromatic N) is 2. The molecule has 1 fully saturated rings. The topological polar surface area (TPSA) is 25.2 Å². The van der Waals surface area contributed by atoms with Gasteiger partial charge in [-0.15, -0.1) is 0 Å². The molecule has 0 atom stereocenters. The van der Waals surface area contributed by atoms with Crippen molar-refractivity contribution in [3.63, 3.8) is 0 Å². The molecule has 1 amide bonds. The van der Waals surface area contributed by atoms with Crippen LogP contribution >= 0.6 is 35.6 Å². The Bertz CT molecular complexity index is 1500.